The molecule has 0 amide bonds. The minimum absolute atomic E-state index is 0.104. The molecule has 0 aliphatic rings. The lowest BCUT2D eigenvalue weighted by atomic mass is 10.1. The van der Waals surface area contributed by atoms with Crippen molar-refractivity contribution >= 4 is 17.9 Å². The third-order valence-electron chi connectivity index (χ3n) is 13.0. The Hall–Kier alpha value is -4.97. The quantitative estimate of drug-likeness (QED) is 0.0261. The average molecular weight is 1090 g/mol. The Labute approximate surface area is 486 Å². The minimum Gasteiger partial charge on any atom is -0.462 e. The predicted octanol–water partition coefficient (Wildman–Crippen LogP) is 22.1. The lowest BCUT2D eigenvalue weighted by Crippen LogP contribution is -2.30. The zero-order chi connectivity index (χ0) is 57.1. The number of hydrogen-bond acceptors (Lipinski definition) is 6. The van der Waals surface area contributed by atoms with Crippen LogP contribution in [0.15, 0.2) is 158 Å². The number of unbranched alkanes of at least 4 members (excludes halogenated alkanes) is 19. The van der Waals surface area contributed by atoms with Gasteiger partial charge in [0.1, 0.15) is 13.2 Å². The normalized spacial score (nSPS) is 13.2. The molecule has 0 aromatic carbocycles. The van der Waals surface area contributed by atoms with Crippen molar-refractivity contribution in [3.63, 3.8) is 0 Å². The first-order chi connectivity index (χ1) is 39.0. The molecule has 0 fully saturated rings. The molecule has 0 saturated heterocycles. The molecule has 1 unspecified atom stereocenters. The van der Waals surface area contributed by atoms with Crippen LogP contribution in [0.4, 0.5) is 0 Å². The van der Waals surface area contributed by atoms with Gasteiger partial charge in [-0.05, 0) is 141 Å². The van der Waals surface area contributed by atoms with E-state index in [1.54, 1.807) is 0 Å². The van der Waals surface area contributed by atoms with Gasteiger partial charge in [-0.1, -0.05) is 262 Å². The van der Waals surface area contributed by atoms with E-state index < -0.39 is 6.10 Å². The van der Waals surface area contributed by atoms with Crippen LogP contribution >= 0.6 is 0 Å². The topological polar surface area (TPSA) is 78.9 Å². The van der Waals surface area contributed by atoms with E-state index in [-0.39, 0.29) is 31.1 Å². The van der Waals surface area contributed by atoms with E-state index in [9.17, 15) is 14.4 Å². The summed E-state index contributed by atoms with van der Waals surface area (Å²) in [5.41, 5.74) is 0. The van der Waals surface area contributed by atoms with Gasteiger partial charge in [0.2, 0.25) is 0 Å². The molecule has 1 atom stereocenters. The highest BCUT2D eigenvalue weighted by Crippen LogP contribution is 2.15. The number of ether oxygens (including phenoxy) is 3. The van der Waals surface area contributed by atoms with Crippen LogP contribution in [-0.2, 0) is 28.6 Å². The highest BCUT2D eigenvalue weighted by Gasteiger charge is 2.19. The van der Waals surface area contributed by atoms with Gasteiger partial charge in [0.25, 0.3) is 0 Å². The maximum absolute atomic E-state index is 12.9. The molecule has 0 aromatic heterocycles. The number of esters is 3. The zero-order valence-corrected chi connectivity index (χ0v) is 50.8. The van der Waals surface area contributed by atoms with Crippen molar-refractivity contribution in [3.05, 3.63) is 158 Å². The molecule has 6 heteroatoms. The van der Waals surface area contributed by atoms with Crippen molar-refractivity contribution in [1.82, 2.24) is 0 Å². The second-order valence-electron chi connectivity index (χ2n) is 20.5. The van der Waals surface area contributed by atoms with Gasteiger partial charge in [0, 0.05) is 19.3 Å². The Morgan fingerprint density at radius 3 is 0.734 bits per heavy atom. The number of carbonyl (C=O) groups excluding carboxylic acids is 3. The van der Waals surface area contributed by atoms with Gasteiger partial charge < -0.3 is 14.2 Å². The minimum atomic E-state index is -0.811. The van der Waals surface area contributed by atoms with E-state index in [4.69, 9.17) is 14.2 Å². The molecule has 0 radical (unpaired) electrons. The molecule has 6 nitrogen and oxygen atoms in total. The van der Waals surface area contributed by atoms with Crippen LogP contribution in [0.2, 0.25) is 0 Å². The number of allylic oxidation sites excluding steroid dienone is 26. The molecule has 0 rings (SSSR count). The fourth-order valence-corrected chi connectivity index (χ4v) is 8.33. The van der Waals surface area contributed by atoms with Gasteiger partial charge in [-0.25, -0.2) is 0 Å². The van der Waals surface area contributed by atoms with Crippen molar-refractivity contribution in [1.29, 1.82) is 0 Å². The molecular formula is C73H116O6. The average Bonchev–Trinajstić information content (AvgIpc) is 3.45. The summed E-state index contributed by atoms with van der Waals surface area (Å²) in [7, 11) is 0. The fraction of sp³-hybridized carbons (Fsp3) is 0.603. The SMILES string of the molecule is CC/C=C\C/C=C\C/C=C\C/C=C\C/C=C\C/C=C\CCCCCCCCCCCCC(=O)OCC(COC(=O)CCCC/C=C\C/C=C\C/C=C\C/C=C\CC)OC(=O)CCCCCCCCC/C=C\C/C=C\C/C=C\CC. The fourth-order valence-electron chi connectivity index (χ4n) is 8.33. The van der Waals surface area contributed by atoms with E-state index in [0.29, 0.717) is 25.7 Å². The van der Waals surface area contributed by atoms with Crippen LogP contribution in [0.5, 0.6) is 0 Å². The van der Waals surface area contributed by atoms with Crippen LogP contribution in [0.3, 0.4) is 0 Å². The predicted molar refractivity (Wildman–Crippen MR) is 343 cm³/mol. The van der Waals surface area contributed by atoms with Crippen molar-refractivity contribution < 1.29 is 28.6 Å². The third kappa shape index (κ3) is 63.7. The van der Waals surface area contributed by atoms with E-state index in [2.05, 4.69) is 179 Å². The van der Waals surface area contributed by atoms with Crippen molar-refractivity contribution in [2.75, 3.05) is 13.2 Å². The van der Waals surface area contributed by atoms with Crippen LogP contribution in [0, 0.1) is 0 Å². The molecular weight excluding hydrogens is 973 g/mol. The second-order valence-corrected chi connectivity index (χ2v) is 20.5. The summed E-state index contributed by atoms with van der Waals surface area (Å²) >= 11 is 0. The standard InChI is InChI=1S/C73H116O6/c1-4-7-10-13-16-19-22-25-28-30-31-32-33-34-35-36-37-38-39-40-41-43-45-48-51-54-57-60-63-66-72(75)78-69-70(68-77-71(74)65-62-59-56-53-50-47-44-27-24-21-18-15-12-9-6-3)79-73(76)67-64-61-58-55-52-49-46-42-29-26-23-20-17-14-11-8-5-2/h7-12,16-21,25-29,31-32,34-35,37-38,44,50,53,70H,4-6,13-15,22-24,30,33,36,39-43,45-49,51-52,54-69H2,1-3H3/b10-7-,11-8-,12-9-,19-16-,20-17-,21-18-,28-25-,29-26-,32-31-,35-34-,38-37-,44-27-,53-50-. The summed E-state index contributed by atoms with van der Waals surface area (Å²) in [5.74, 6) is -0.963. The second kappa shape index (κ2) is 65.5. The molecule has 0 bridgehead atoms. The molecule has 0 aliphatic carbocycles. The summed E-state index contributed by atoms with van der Waals surface area (Å²) in [6.07, 6.45) is 95.4. The lowest BCUT2D eigenvalue weighted by Gasteiger charge is -2.18. The maximum atomic E-state index is 12.9. The lowest BCUT2D eigenvalue weighted by molar-refractivity contribution is -0.167. The summed E-state index contributed by atoms with van der Waals surface area (Å²) in [4.78, 5) is 38.3. The Kier molecular flexibility index (Phi) is 61.4. The smallest absolute Gasteiger partial charge is 0.306 e. The highest BCUT2D eigenvalue weighted by atomic mass is 16.6. The summed E-state index contributed by atoms with van der Waals surface area (Å²) in [5, 5.41) is 0. The van der Waals surface area contributed by atoms with E-state index >= 15 is 0 Å². The van der Waals surface area contributed by atoms with Crippen LogP contribution in [-0.4, -0.2) is 37.2 Å². The first kappa shape index (κ1) is 74.0. The van der Waals surface area contributed by atoms with Crippen LogP contribution in [0.1, 0.15) is 265 Å². The molecule has 0 N–H and O–H groups in total. The van der Waals surface area contributed by atoms with Crippen molar-refractivity contribution in [2.45, 2.75) is 271 Å². The molecule has 0 spiro atoms. The summed E-state index contributed by atoms with van der Waals surface area (Å²) in [6.45, 7) is 6.25. The summed E-state index contributed by atoms with van der Waals surface area (Å²) in [6, 6.07) is 0. The molecule has 0 saturated carbocycles. The monoisotopic (exact) mass is 1090 g/mol. The van der Waals surface area contributed by atoms with Crippen molar-refractivity contribution in [2.24, 2.45) is 0 Å². The number of hydrogen-bond donors (Lipinski definition) is 0. The zero-order valence-electron chi connectivity index (χ0n) is 50.8. The summed E-state index contributed by atoms with van der Waals surface area (Å²) < 4.78 is 16.9. The molecule has 0 aliphatic heterocycles. The van der Waals surface area contributed by atoms with Gasteiger partial charge >= 0.3 is 17.9 Å². The first-order valence-electron chi connectivity index (χ1n) is 32.0. The number of carbonyl (C=O) groups is 3. The van der Waals surface area contributed by atoms with Crippen LogP contribution in [0.25, 0.3) is 0 Å². The van der Waals surface area contributed by atoms with Gasteiger partial charge in [-0.2, -0.15) is 0 Å². The van der Waals surface area contributed by atoms with Crippen LogP contribution < -0.4 is 0 Å². The Morgan fingerprint density at radius 1 is 0.253 bits per heavy atom. The highest BCUT2D eigenvalue weighted by molar-refractivity contribution is 5.71. The first-order valence-corrected chi connectivity index (χ1v) is 32.0. The Balaban J connectivity index is 4.38. The Bertz CT molecular complexity index is 1780. The van der Waals surface area contributed by atoms with Gasteiger partial charge in [0.15, 0.2) is 6.10 Å². The molecule has 0 aromatic rings. The van der Waals surface area contributed by atoms with Gasteiger partial charge in [-0.3, -0.25) is 14.4 Å². The van der Waals surface area contributed by atoms with E-state index in [1.165, 1.54) is 64.2 Å². The van der Waals surface area contributed by atoms with Gasteiger partial charge in [0.05, 0.1) is 0 Å². The number of rotatable bonds is 56. The van der Waals surface area contributed by atoms with E-state index in [1.807, 2.05) is 0 Å². The molecule has 0 heterocycles. The largest absolute Gasteiger partial charge is 0.462 e. The maximum Gasteiger partial charge on any atom is 0.306 e. The Morgan fingerprint density at radius 2 is 0.456 bits per heavy atom. The van der Waals surface area contributed by atoms with Gasteiger partial charge in [-0.15, -0.1) is 0 Å². The molecule has 444 valence electrons. The molecule has 79 heavy (non-hydrogen) atoms. The van der Waals surface area contributed by atoms with Crippen molar-refractivity contribution in [3.8, 4) is 0 Å². The third-order valence-corrected chi connectivity index (χ3v) is 13.0. The van der Waals surface area contributed by atoms with E-state index in [0.717, 1.165) is 154 Å².